The molecule has 2 heterocycles. The van der Waals surface area contributed by atoms with Gasteiger partial charge in [0.15, 0.2) is 0 Å². The molecule has 4 aromatic rings. The monoisotopic (exact) mass is 344 g/mol. The van der Waals surface area contributed by atoms with E-state index in [0.717, 1.165) is 44.9 Å². The number of fused-ring (bicyclic) bond motifs is 1. The Kier molecular flexibility index (Phi) is 4.05. The topological polar surface area (TPSA) is 60.2 Å². The zero-order valence-corrected chi connectivity index (χ0v) is 14.8. The molecular weight excluding hydrogens is 326 g/mol. The number of rotatable bonds is 4. The van der Waals surface area contributed by atoms with Gasteiger partial charge < -0.3 is 14.6 Å². The molecule has 0 aliphatic heterocycles. The van der Waals surface area contributed by atoms with E-state index in [1.807, 2.05) is 50.4 Å². The summed E-state index contributed by atoms with van der Waals surface area (Å²) in [5.74, 6) is 2.26. The van der Waals surface area contributed by atoms with E-state index in [4.69, 9.17) is 9.26 Å². The third-order valence-corrected chi connectivity index (χ3v) is 4.38. The Morgan fingerprint density at radius 1 is 1.19 bits per heavy atom. The van der Waals surface area contributed by atoms with Gasteiger partial charge in [-0.2, -0.15) is 0 Å². The molecule has 2 aromatic carbocycles. The van der Waals surface area contributed by atoms with Crippen LogP contribution in [0.25, 0.3) is 21.9 Å². The molecule has 0 unspecified atom stereocenters. The van der Waals surface area contributed by atoms with Gasteiger partial charge in [0, 0.05) is 17.1 Å². The SMILES string of the molecule is COc1c[c]ccc1Nc1cc2c(-c3c(C)noc3C)cccc2cn1. The Labute approximate surface area is 151 Å². The molecule has 0 saturated carbocycles. The van der Waals surface area contributed by atoms with Crippen molar-refractivity contribution in [3.05, 3.63) is 66.2 Å². The van der Waals surface area contributed by atoms with Gasteiger partial charge in [0.25, 0.3) is 0 Å². The second-order valence-corrected chi connectivity index (χ2v) is 6.05. The van der Waals surface area contributed by atoms with Crippen molar-refractivity contribution in [2.24, 2.45) is 0 Å². The third-order valence-electron chi connectivity index (χ3n) is 4.38. The molecule has 2 aromatic heterocycles. The van der Waals surface area contributed by atoms with Crippen molar-refractivity contribution in [1.82, 2.24) is 10.1 Å². The van der Waals surface area contributed by atoms with Crippen molar-refractivity contribution >= 4 is 22.3 Å². The van der Waals surface area contributed by atoms with E-state index in [1.165, 1.54) is 0 Å². The van der Waals surface area contributed by atoms with Gasteiger partial charge in [-0.15, -0.1) is 0 Å². The van der Waals surface area contributed by atoms with E-state index in [0.29, 0.717) is 5.75 Å². The summed E-state index contributed by atoms with van der Waals surface area (Å²) in [5.41, 5.74) is 3.83. The highest BCUT2D eigenvalue weighted by molar-refractivity contribution is 5.98. The predicted molar refractivity (Wildman–Crippen MR) is 102 cm³/mol. The Bertz CT molecular complexity index is 1070. The second kappa shape index (κ2) is 6.52. The zero-order valence-electron chi connectivity index (χ0n) is 14.8. The molecule has 5 nitrogen and oxygen atoms in total. The summed E-state index contributed by atoms with van der Waals surface area (Å²) >= 11 is 0. The molecule has 0 aliphatic rings. The Balaban J connectivity index is 1.83. The van der Waals surface area contributed by atoms with Crippen LogP contribution in [-0.2, 0) is 0 Å². The number of anilines is 2. The number of aromatic nitrogens is 2. The van der Waals surface area contributed by atoms with E-state index < -0.39 is 0 Å². The molecular formula is C21H18N3O2. The molecule has 0 amide bonds. The zero-order chi connectivity index (χ0) is 18.1. The molecule has 26 heavy (non-hydrogen) atoms. The smallest absolute Gasteiger partial charge is 0.142 e. The molecule has 5 heteroatoms. The van der Waals surface area contributed by atoms with E-state index in [-0.39, 0.29) is 0 Å². The molecule has 0 bridgehead atoms. The summed E-state index contributed by atoms with van der Waals surface area (Å²) in [5, 5.41) is 9.55. The van der Waals surface area contributed by atoms with Crippen molar-refractivity contribution in [1.29, 1.82) is 0 Å². The lowest BCUT2D eigenvalue weighted by Crippen LogP contribution is -1.97. The Morgan fingerprint density at radius 2 is 2.08 bits per heavy atom. The first-order valence-electron chi connectivity index (χ1n) is 8.30. The van der Waals surface area contributed by atoms with Crippen LogP contribution >= 0.6 is 0 Å². The summed E-state index contributed by atoms with van der Waals surface area (Å²) in [4.78, 5) is 4.53. The van der Waals surface area contributed by atoms with Crippen molar-refractivity contribution in [2.45, 2.75) is 13.8 Å². The highest BCUT2D eigenvalue weighted by Gasteiger charge is 2.15. The first-order valence-corrected chi connectivity index (χ1v) is 8.30. The van der Waals surface area contributed by atoms with Gasteiger partial charge in [0.1, 0.15) is 17.3 Å². The quantitative estimate of drug-likeness (QED) is 0.561. The van der Waals surface area contributed by atoms with Crippen LogP contribution in [-0.4, -0.2) is 17.3 Å². The molecule has 1 radical (unpaired) electrons. The number of benzene rings is 2. The van der Waals surface area contributed by atoms with Crippen LogP contribution in [0, 0.1) is 19.9 Å². The summed E-state index contributed by atoms with van der Waals surface area (Å²) in [7, 11) is 1.64. The lowest BCUT2D eigenvalue weighted by Gasteiger charge is -2.12. The number of methoxy groups -OCH3 is 1. The minimum atomic E-state index is 0.716. The fourth-order valence-electron chi connectivity index (χ4n) is 3.15. The fraction of sp³-hybridized carbons (Fsp3) is 0.143. The number of nitrogens with zero attached hydrogens (tertiary/aromatic N) is 2. The fourth-order valence-corrected chi connectivity index (χ4v) is 3.15. The Morgan fingerprint density at radius 3 is 2.85 bits per heavy atom. The number of ether oxygens (including phenoxy) is 1. The number of hydrogen-bond donors (Lipinski definition) is 1. The highest BCUT2D eigenvalue weighted by Crippen LogP contribution is 2.34. The van der Waals surface area contributed by atoms with Crippen LogP contribution in [0.4, 0.5) is 11.5 Å². The summed E-state index contributed by atoms with van der Waals surface area (Å²) < 4.78 is 10.7. The summed E-state index contributed by atoms with van der Waals surface area (Å²) in [6.45, 7) is 3.89. The standard InChI is InChI=1S/C21H18N3O2/c1-13-21(14(2)26-24-13)16-8-6-7-15-12-22-20(11-17(15)16)23-18-9-4-5-10-19(18)25-3/h4,6-12H,1-3H3,(H,22,23). The van der Waals surface area contributed by atoms with Gasteiger partial charge in [-0.05, 0) is 49.1 Å². The molecule has 0 saturated heterocycles. The van der Waals surface area contributed by atoms with Gasteiger partial charge in [-0.3, -0.25) is 0 Å². The number of pyridine rings is 1. The first-order chi connectivity index (χ1) is 12.7. The van der Waals surface area contributed by atoms with E-state index >= 15 is 0 Å². The van der Waals surface area contributed by atoms with E-state index in [9.17, 15) is 0 Å². The summed E-state index contributed by atoms with van der Waals surface area (Å²) in [6.07, 6.45) is 1.86. The van der Waals surface area contributed by atoms with Crippen LogP contribution in [0.3, 0.4) is 0 Å². The first kappa shape index (κ1) is 16.1. The van der Waals surface area contributed by atoms with Crippen LogP contribution < -0.4 is 10.1 Å². The van der Waals surface area contributed by atoms with Crippen LogP contribution in [0.2, 0.25) is 0 Å². The third kappa shape index (κ3) is 2.77. The lowest BCUT2D eigenvalue weighted by atomic mass is 9.98. The summed E-state index contributed by atoms with van der Waals surface area (Å²) in [6, 6.07) is 16.7. The van der Waals surface area contributed by atoms with Crippen LogP contribution in [0.15, 0.2) is 53.2 Å². The lowest BCUT2D eigenvalue weighted by molar-refractivity contribution is 0.393. The van der Waals surface area contributed by atoms with Crippen molar-refractivity contribution in [2.75, 3.05) is 12.4 Å². The molecule has 0 fully saturated rings. The largest absolute Gasteiger partial charge is 0.495 e. The average Bonchev–Trinajstić information content (AvgIpc) is 3.00. The number of hydrogen-bond acceptors (Lipinski definition) is 5. The van der Waals surface area contributed by atoms with Gasteiger partial charge >= 0.3 is 0 Å². The van der Waals surface area contributed by atoms with Gasteiger partial charge in [-0.1, -0.05) is 29.4 Å². The van der Waals surface area contributed by atoms with E-state index in [1.54, 1.807) is 13.2 Å². The molecule has 4 rings (SSSR count). The van der Waals surface area contributed by atoms with E-state index in [2.05, 4.69) is 27.6 Å². The molecule has 0 aliphatic carbocycles. The maximum Gasteiger partial charge on any atom is 0.142 e. The number of aryl methyl sites for hydroxylation is 2. The van der Waals surface area contributed by atoms with Crippen molar-refractivity contribution in [3.8, 4) is 16.9 Å². The van der Waals surface area contributed by atoms with Crippen molar-refractivity contribution < 1.29 is 9.26 Å². The van der Waals surface area contributed by atoms with Crippen LogP contribution in [0.1, 0.15) is 11.5 Å². The minimum Gasteiger partial charge on any atom is -0.495 e. The van der Waals surface area contributed by atoms with Crippen LogP contribution in [0.5, 0.6) is 5.75 Å². The van der Waals surface area contributed by atoms with Crippen molar-refractivity contribution in [3.63, 3.8) is 0 Å². The highest BCUT2D eigenvalue weighted by atomic mass is 16.5. The normalized spacial score (nSPS) is 10.9. The minimum absolute atomic E-state index is 0.716. The molecule has 0 spiro atoms. The molecule has 0 atom stereocenters. The molecule has 129 valence electrons. The average molecular weight is 344 g/mol. The molecule has 1 N–H and O–H groups in total. The Hall–Kier alpha value is -3.34. The second-order valence-electron chi connectivity index (χ2n) is 6.05. The van der Waals surface area contributed by atoms with Gasteiger partial charge in [-0.25, -0.2) is 4.98 Å². The maximum atomic E-state index is 5.38. The predicted octanol–water partition coefficient (Wildman–Crippen LogP) is 5.06. The van der Waals surface area contributed by atoms with Gasteiger partial charge in [0.2, 0.25) is 0 Å². The maximum absolute atomic E-state index is 5.38. The van der Waals surface area contributed by atoms with Gasteiger partial charge in [0.05, 0.1) is 18.5 Å². The number of nitrogens with one attached hydrogen (secondary N) is 1.